The second-order valence-corrected chi connectivity index (χ2v) is 7.54. The van der Waals surface area contributed by atoms with Crippen LogP contribution in [0.1, 0.15) is 24.8 Å². The lowest BCUT2D eigenvalue weighted by molar-refractivity contribution is -0.134. The van der Waals surface area contributed by atoms with Gasteiger partial charge in [0.15, 0.2) is 0 Å². The van der Waals surface area contributed by atoms with E-state index in [1.54, 1.807) is 17.0 Å². The lowest BCUT2D eigenvalue weighted by atomic mass is 9.96. The molecule has 1 aromatic heterocycles. The lowest BCUT2D eigenvalue weighted by Crippen LogP contribution is -2.43. The molecule has 0 saturated carbocycles. The summed E-state index contributed by atoms with van der Waals surface area (Å²) in [5.41, 5.74) is 2.64. The zero-order valence-electron chi connectivity index (χ0n) is 16.2. The third-order valence-electron chi connectivity index (χ3n) is 5.52. The minimum absolute atomic E-state index is 0.0681. The molecule has 1 aliphatic heterocycles. The summed E-state index contributed by atoms with van der Waals surface area (Å²) in [7, 11) is 0. The van der Waals surface area contributed by atoms with Crippen molar-refractivity contribution in [3.63, 3.8) is 0 Å². The van der Waals surface area contributed by atoms with Crippen LogP contribution in [0, 0.1) is 11.7 Å². The highest BCUT2D eigenvalue weighted by atomic mass is 19.1. The highest BCUT2D eigenvalue weighted by molar-refractivity contribution is 5.93. The molecule has 1 atom stereocenters. The highest BCUT2D eigenvalue weighted by Gasteiger charge is 2.28. The summed E-state index contributed by atoms with van der Waals surface area (Å²) in [5.74, 6) is -0.757. The molecule has 0 unspecified atom stereocenters. The van der Waals surface area contributed by atoms with E-state index in [1.807, 2.05) is 24.4 Å². The topological polar surface area (TPSA) is 65.2 Å². The summed E-state index contributed by atoms with van der Waals surface area (Å²) in [4.78, 5) is 30.3. The first-order valence-corrected chi connectivity index (χ1v) is 9.99. The van der Waals surface area contributed by atoms with Crippen LogP contribution in [0.15, 0.2) is 54.7 Å². The van der Waals surface area contributed by atoms with E-state index in [0.717, 1.165) is 29.3 Å². The van der Waals surface area contributed by atoms with Gasteiger partial charge >= 0.3 is 0 Å². The van der Waals surface area contributed by atoms with Gasteiger partial charge in [-0.25, -0.2) is 4.39 Å². The van der Waals surface area contributed by atoms with Gasteiger partial charge in [0.1, 0.15) is 5.82 Å². The molecule has 2 heterocycles. The smallest absolute Gasteiger partial charge is 0.229 e. The second kappa shape index (κ2) is 8.47. The lowest BCUT2D eigenvalue weighted by Gasteiger charge is -2.32. The number of nitrogens with zero attached hydrogens (tertiary/aromatic N) is 1. The van der Waals surface area contributed by atoms with Crippen LogP contribution in [-0.4, -0.2) is 34.8 Å². The van der Waals surface area contributed by atoms with E-state index in [0.29, 0.717) is 31.6 Å². The van der Waals surface area contributed by atoms with Gasteiger partial charge < -0.3 is 15.2 Å². The Labute approximate surface area is 168 Å². The van der Waals surface area contributed by atoms with Gasteiger partial charge in [-0.3, -0.25) is 9.59 Å². The zero-order valence-corrected chi connectivity index (χ0v) is 16.2. The van der Waals surface area contributed by atoms with Gasteiger partial charge in [0, 0.05) is 42.3 Å². The van der Waals surface area contributed by atoms with E-state index >= 15 is 0 Å². The first kappa shape index (κ1) is 19.2. The zero-order chi connectivity index (χ0) is 20.2. The largest absolute Gasteiger partial charge is 0.361 e. The standard InChI is InChI=1S/C23H24FN3O2/c24-18-6-3-7-19(13-18)26-23(29)17-5-4-12-27(15-17)22(28)11-10-16-14-25-21-9-2-1-8-20(16)21/h1-3,6-9,13-14,17,25H,4-5,10-12,15H2,(H,26,29)/t17-/m1/s1. The first-order chi connectivity index (χ1) is 14.1. The molecule has 2 N–H and O–H groups in total. The summed E-state index contributed by atoms with van der Waals surface area (Å²) in [6.07, 6.45) is 4.57. The molecule has 0 aliphatic carbocycles. The average Bonchev–Trinajstić information content (AvgIpc) is 3.15. The van der Waals surface area contributed by atoms with E-state index in [-0.39, 0.29) is 23.5 Å². The quantitative estimate of drug-likeness (QED) is 0.685. The van der Waals surface area contributed by atoms with Gasteiger partial charge in [0.05, 0.1) is 5.92 Å². The molecule has 4 rings (SSSR count). The van der Waals surface area contributed by atoms with Crippen molar-refractivity contribution in [3.8, 4) is 0 Å². The Balaban J connectivity index is 1.34. The number of benzene rings is 2. The van der Waals surface area contributed by atoms with E-state index in [2.05, 4.69) is 16.4 Å². The van der Waals surface area contributed by atoms with Crippen molar-refractivity contribution < 1.29 is 14.0 Å². The van der Waals surface area contributed by atoms with Gasteiger partial charge in [-0.1, -0.05) is 24.3 Å². The van der Waals surface area contributed by atoms with Crippen LogP contribution < -0.4 is 5.32 Å². The molecule has 2 amide bonds. The Bertz CT molecular complexity index is 1030. The number of amides is 2. The van der Waals surface area contributed by atoms with Gasteiger partial charge in [0.2, 0.25) is 11.8 Å². The predicted octanol–water partition coefficient (Wildman–Crippen LogP) is 4.12. The summed E-state index contributed by atoms with van der Waals surface area (Å²) in [6.45, 7) is 1.09. The minimum atomic E-state index is -0.388. The maximum Gasteiger partial charge on any atom is 0.229 e. The van der Waals surface area contributed by atoms with Crippen molar-refractivity contribution in [2.45, 2.75) is 25.7 Å². The van der Waals surface area contributed by atoms with E-state index in [9.17, 15) is 14.0 Å². The number of halogens is 1. The van der Waals surface area contributed by atoms with E-state index in [1.165, 1.54) is 12.1 Å². The highest BCUT2D eigenvalue weighted by Crippen LogP contribution is 2.22. The number of para-hydroxylation sites is 1. The van der Waals surface area contributed by atoms with Gasteiger partial charge in [-0.15, -0.1) is 0 Å². The van der Waals surface area contributed by atoms with Crippen molar-refractivity contribution in [2.24, 2.45) is 5.92 Å². The number of fused-ring (bicyclic) bond motifs is 1. The fraction of sp³-hybridized carbons (Fsp3) is 0.304. The average molecular weight is 393 g/mol. The molecular weight excluding hydrogens is 369 g/mol. The summed E-state index contributed by atoms with van der Waals surface area (Å²) in [6, 6.07) is 13.9. The summed E-state index contributed by atoms with van der Waals surface area (Å²) >= 11 is 0. The Morgan fingerprint density at radius 2 is 2.03 bits per heavy atom. The summed E-state index contributed by atoms with van der Waals surface area (Å²) < 4.78 is 13.3. The van der Waals surface area contributed by atoms with Crippen molar-refractivity contribution in [1.82, 2.24) is 9.88 Å². The van der Waals surface area contributed by atoms with Crippen molar-refractivity contribution in [2.75, 3.05) is 18.4 Å². The van der Waals surface area contributed by atoms with Crippen molar-refractivity contribution >= 4 is 28.4 Å². The molecule has 1 aliphatic rings. The number of piperidine rings is 1. The van der Waals surface area contributed by atoms with Gasteiger partial charge in [-0.05, 0) is 49.1 Å². The molecule has 0 spiro atoms. The molecule has 150 valence electrons. The van der Waals surface area contributed by atoms with E-state index < -0.39 is 0 Å². The fourth-order valence-corrected chi connectivity index (χ4v) is 3.97. The predicted molar refractivity (Wildman–Crippen MR) is 111 cm³/mol. The molecule has 3 aromatic rings. The minimum Gasteiger partial charge on any atom is -0.361 e. The number of aryl methyl sites for hydroxylation is 1. The number of aromatic nitrogens is 1. The summed E-state index contributed by atoms with van der Waals surface area (Å²) in [5, 5.41) is 3.91. The molecule has 0 radical (unpaired) electrons. The second-order valence-electron chi connectivity index (χ2n) is 7.54. The van der Waals surface area contributed by atoms with Crippen LogP contribution in [0.5, 0.6) is 0 Å². The molecule has 1 saturated heterocycles. The molecular formula is C23H24FN3O2. The number of hydrogen-bond acceptors (Lipinski definition) is 2. The maximum absolute atomic E-state index is 13.3. The molecule has 5 nitrogen and oxygen atoms in total. The number of carbonyl (C=O) groups is 2. The van der Waals surface area contributed by atoms with Crippen molar-refractivity contribution in [3.05, 3.63) is 66.1 Å². The number of anilines is 1. The Hall–Kier alpha value is -3.15. The SMILES string of the molecule is O=C(Nc1cccc(F)c1)[C@@H]1CCCN(C(=O)CCc2c[nH]c3ccccc23)C1. The molecule has 29 heavy (non-hydrogen) atoms. The molecule has 2 aromatic carbocycles. The first-order valence-electron chi connectivity index (χ1n) is 9.99. The number of hydrogen-bond donors (Lipinski definition) is 2. The number of rotatable bonds is 5. The number of likely N-dealkylation sites (tertiary alicyclic amines) is 1. The van der Waals surface area contributed by atoms with Gasteiger partial charge in [0.25, 0.3) is 0 Å². The Kier molecular flexibility index (Phi) is 5.60. The van der Waals surface area contributed by atoms with Crippen LogP contribution in [0.25, 0.3) is 10.9 Å². The molecule has 6 heteroatoms. The number of aromatic amines is 1. The Morgan fingerprint density at radius 1 is 1.17 bits per heavy atom. The van der Waals surface area contributed by atoms with Crippen LogP contribution in [-0.2, 0) is 16.0 Å². The van der Waals surface area contributed by atoms with Crippen LogP contribution in [0.2, 0.25) is 0 Å². The monoisotopic (exact) mass is 393 g/mol. The maximum atomic E-state index is 13.3. The number of nitrogens with one attached hydrogen (secondary N) is 2. The van der Waals surface area contributed by atoms with Crippen LogP contribution >= 0.6 is 0 Å². The van der Waals surface area contributed by atoms with E-state index in [4.69, 9.17) is 0 Å². The van der Waals surface area contributed by atoms with Crippen LogP contribution in [0.4, 0.5) is 10.1 Å². The molecule has 0 bridgehead atoms. The fourth-order valence-electron chi connectivity index (χ4n) is 3.97. The third kappa shape index (κ3) is 4.47. The van der Waals surface area contributed by atoms with Gasteiger partial charge in [-0.2, -0.15) is 0 Å². The normalized spacial score (nSPS) is 16.7. The van der Waals surface area contributed by atoms with Crippen molar-refractivity contribution in [1.29, 1.82) is 0 Å². The number of carbonyl (C=O) groups excluding carboxylic acids is 2. The van der Waals surface area contributed by atoms with Crippen LogP contribution in [0.3, 0.4) is 0 Å². The third-order valence-corrected chi connectivity index (χ3v) is 5.52. The Morgan fingerprint density at radius 3 is 2.90 bits per heavy atom. The molecule has 1 fully saturated rings. The number of H-pyrrole nitrogens is 1.